The van der Waals surface area contributed by atoms with E-state index in [0.717, 1.165) is 0 Å². The van der Waals surface area contributed by atoms with Crippen LogP contribution in [0.3, 0.4) is 0 Å². The van der Waals surface area contributed by atoms with Gasteiger partial charge in [-0.15, -0.1) is 0 Å². The lowest BCUT2D eigenvalue weighted by atomic mass is 9.97. The van der Waals surface area contributed by atoms with Gasteiger partial charge in [0.1, 0.15) is 10.5 Å². The van der Waals surface area contributed by atoms with Gasteiger partial charge < -0.3 is 9.84 Å². The number of benzene rings is 1. The zero-order valence-corrected chi connectivity index (χ0v) is 14.2. The maximum absolute atomic E-state index is 12.3. The van der Waals surface area contributed by atoms with Gasteiger partial charge in [-0.25, -0.2) is 13.1 Å². The predicted molar refractivity (Wildman–Crippen MR) is 81.6 cm³/mol. The molecule has 0 saturated carbocycles. The lowest BCUT2D eigenvalue weighted by Crippen LogP contribution is -2.47. The molecule has 9 heteroatoms. The first-order valence-corrected chi connectivity index (χ1v) is 8.75. The van der Waals surface area contributed by atoms with E-state index in [1.165, 1.54) is 12.1 Å². The molecule has 1 aliphatic heterocycles. The zero-order chi connectivity index (χ0) is 15.8. The van der Waals surface area contributed by atoms with E-state index in [1.54, 1.807) is 6.92 Å². The Bertz CT molecular complexity index is 629. The van der Waals surface area contributed by atoms with Gasteiger partial charge in [0.25, 0.3) is 0 Å². The second-order valence-electron chi connectivity index (χ2n) is 4.89. The quantitative estimate of drug-likeness (QED) is 0.849. The molecule has 118 valence electrons. The summed E-state index contributed by atoms with van der Waals surface area (Å²) in [6.07, 6.45) is -0.116. The standard InChI is InChI=1S/C12H14Cl3NO4S/c1-7-12(17,2-3-20-7)6-16-21(18,19)11-9(14)4-8(13)5-10(11)15/h4-5,7,16-17H,2-3,6H2,1H3. The third-order valence-corrected chi connectivity index (χ3v) is 6.00. The van der Waals surface area contributed by atoms with Gasteiger partial charge >= 0.3 is 0 Å². The highest BCUT2D eigenvalue weighted by atomic mass is 35.5. The van der Waals surface area contributed by atoms with Crippen LogP contribution in [0.4, 0.5) is 0 Å². The number of sulfonamides is 1. The summed E-state index contributed by atoms with van der Waals surface area (Å²) in [6.45, 7) is 1.87. The smallest absolute Gasteiger partial charge is 0.243 e. The van der Waals surface area contributed by atoms with Crippen LogP contribution in [0.1, 0.15) is 13.3 Å². The molecule has 21 heavy (non-hydrogen) atoms. The highest BCUT2D eigenvalue weighted by Crippen LogP contribution is 2.33. The molecular formula is C12H14Cl3NO4S. The SMILES string of the molecule is CC1OCCC1(O)CNS(=O)(=O)c1c(Cl)cc(Cl)cc1Cl. The number of ether oxygens (including phenoxy) is 1. The van der Waals surface area contributed by atoms with Gasteiger partial charge in [-0.3, -0.25) is 0 Å². The first kappa shape index (κ1) is 17.3. The molecule has 1 fully saturated rings. The Hall–Kier alpha value is -0.0800. The van der Waals surface area contributed by atoms with Gasteiger partial charge in [0.2, 0.25) is 10.0 Å². The fourth-order valence-corrected chi connectivity index (χ4v) is 4.72. The topological polar surface area (TPSA) is 75.6 Å². The molecule has 2 N–H and O–H groups in total. The van der Waals surface area contributed by atoms with Crippen LogP contribution in [0.25, 0.3) is 0 Å². The summed E-state index contributed by atoms with van der Waals surface area (Å²) in [7, 11) is -3.98. The Morgan fingerprint density at radius 1 is 1.38 bits per heavy atom. The van der Waals surface area contributed by atoms with Crippen LogP contribution in [-0.4, -0.2) is 38.4 Å². The molecule has 1 aromatic rings. The molecule has 1 aromatic carbocycles. The average Bonchev–Trinajstić information content (AvgIpc) is 2.66. The third kappa shape index (κ3) is 3.64. The number of halogens is 3. The summed E-state index contributed by atoms with van der Waals surface area (Å²) in [5.41, 5.74) is -1.25. The van der Waals surface area contributed by atoms with Crippen molar-refractivity contribution in [2.75, 3.05) is 13.2 Å². The fraction of sp³-hybridized carbons (Fsp3) is 0.500. The first-order chi connectivity index (χ1) is 9.66. The molecule has 0 bridgehead atoms. The van der Waals surface area contributed by atoms with Gasteiger partial charge in [-0.05, 0) is 19.1 Å². The minimum atomic E-state index is -3.98. The molecule has 1 saturated heterocycles. The summed E-state index contributed by atoms with van der Waals surface area (Å²) in [5.74, 6) is 0. The monoisotopic (exact) mass is 373 g/mol. The lowest BCUT2D eigenvalue weighted by molar-refractivity contribution is -0.0228. The fourth-order valence-electron chi connectivity index (χ4n) is 2.08. The first-order valence-electron chi connectivity index (χ1n) is 6.14. The van der Waals surface area contributed by atoms with Crippen molar-refractivity contribution in [3.63, 3.8) is 0 Å². The highest BCUT2D eigenvalue weighted by Gasteiger charge is 2.40. The zero-order valence-electron chi connectivity index (χ0n) is 11.1. The van der Waals surface area contributed by atoms with Crippen LogP contribution in [0.2, 0.25) is 15.1 Å². The van der Waals surface area contributed by atoms with Crippen LogP contribution in [-0.2, 0) is 14.8 Å². The number of rotatable bonds is 4. The Kier molecular flexibility index (Phi) is 5.10. The van der Waals surface area contributed by atoms with Crippen molar-refractivity contribution in [1.82, 2.24) is 4.72 Å². The van der Waals surface area contributed by atoms with Crippen molar-refractivity contribution >= 4 is 44.8 Å². The summed E-state index contributed by atoms with van der Waals surface area (Å²) >= 11 is 17.6. The molecule has 1 aliphatic rings. The Labute approximate surface area is 138 Å². The molecule has 2 unspecified atom stereocenters. The largest absolute Gasteiger partial charge is 0.386 e. The average molecular weight is 375 g/mol. The highest BCUT2D eigenvalue weighted by molar-refractivity contribution is 7.89. The van der Waals surface area contributed by atoms with Crippen LogP contribution < -0.4 is 4.72 Å². The summed E-state index contributed by atoms with van der Waals surface area (Å²) in [4.78, 5) is -0.259. The molecule has 1 heterocycles. The number of hydrogen-bond acceptors (Lipinski definition) is 4. The van der Waals surface area contributed by atoms with E-state index in [-0.39, 0.29) is 26.5 Å². The van der Waals surface area contributed by atoms with Crippen LogP contribution in [0, 0.1) is 0 Å². The minimum absolute atomic E-state index is 0.0808. The van der Waals surface area contributed by atoms with Crippen LogP contribution >= 0.6 is 34.8 Å². The molecule has 2 rings (SSSR count). The minimum Gasteiger partial charge on any atom is -0.386 e. The molecule has 5 nitrogen and oxygen atoms in total. The molecule has 2 atom stereocenters. The summed E-state index contributed by atoms with van der Waals surface area (Å²) < 4.78 is 32.2. The van der Waals surface area contributed by atoms with Gasteiger partial charge in [0.05, 0.1) is 16.1 Å². The second-order valence-corrected chi connectivity index (χ2v) is 7.84. The normalized spacial score (nSPS) is 26.2. The Balaban J connectivity index is 2.24. The molecule has 0 amide bonds. The molecule has 0 spiro atoms. The van der Waals surface area contributed by atoms with Crippen molar-refractivity contribution < 1.29 is 18.3 Å². The van der Waals surface area contributed by atoms with Gasteiger partial charge in [-0.1, -0.05) is 34.8 Å². The van der Waals surface area contributed by atoms with E-state index in [0.29, 0.717) is 13.0 Å². The van der Waals surface area contributed by atoms with Crippen molar-refractivity contribution in [2.24, 2.45) is 0 Å². The van der Waals surface area contributed by atoms with Crippen LogP contribution in [0.5, 0.6) is 0 Å². The summed E-state index contributed by atoms with van der Waals surface area (Å²) in [6, 6.07) is 2.58. The lowest BCUT2D eigenvalue weighted by Gasteiger charge is -2.26. The molecular weight excluding hydrogens is 361 g/mol. The molecule has 0 radical (unpaired) electrons. The van der Waals surface area contributed by atoms with Crippen molar-refractivity contribution in [3.05, 3.63) is 27.2 Å². The second kappa shape index (κ2) is 6.20. The molecule has 0 aliphatic carbocycles. The van der Waals surface area contributed by atoms with Crippen molar-refractivity contribution in [1.29, 1.82) is 0 Å². The van der Waals surface area contributed by atoms with Gasteiger partial charge in [-0.2, -0.15) is 0 Å². The van der Waals surface area contributed by atoms with Crippen LogP contribution in [0.15, 0.2) is 17.0 Å². The number of hydrogen-bond donors (Lipinski definition) is 2. The van der Waals surface area contributed by atoms with Gasteiger partial charge in [0, 0.05) is 24.6 Å². The van der Waals surface area contributed by atoms with E-state index in [2.05, 4.69) is 4.72 Å². The Morgan fingerprint density at radius 3 is 2.43 bits per heavy atom. The van der Waals surface area contributed by atoms with E-state index >= 15 is 0 Å². The Morgan fingerprint density at radius 2 is 1.95 bits per heavy atom. The maximum Gasteiger partial charge on any atom is 0.243 e. The number of nitrogens with one attached hydrogen (secondary N) is 1. The van der Waals surface area contributed by atoms with E-state index in [9.17, 15) is 13.5 Å². The van der Waals surface area contributed by atoms with Crippen molar-refractivity contribution in [2.45, 2.75) is 29.9 Å². The van der Waals surface area contributed by atoms with E-state index in [4.69, 9.17) is 39.5 Å². The summed E-state index contributed by atoms with van der Waals surface area (Å²) in [5, 5.41) is 10.4. The maximum atomic E-state index is 12.3. The van der Waals surface area contributed by atoms with Crippen molar-refractivity contribution in [3.8, 4) is 0 Å². The van der Waals surface area contributed by atoms with Gasteiger partial charge in [0.15, 0.2) is 0 Å². The van der Waals surface area contributed by atoms with E-state index < -0.39 is 21.7 Å². The van der Waals surface area contributed by atoms with E-state index in [1.807, 2.05) is 0 Å². The molecule has 0 aromatic heterocycles. The number of aliphatic hydroxyl groups is 1. The third-order valence-electron chi connectivity index (χ3n) is 3.46. The predicted octanol–water partition coefficient (Wildman–Crippen LogP) is 2.47.